The Labute approximate surface area is 459 Å². The van der Waals surface area contributed by atoms with E-state index in [9.17, 15) is 0 Å². The molecule has 0 radical (unpaired) electrons. The van der Waals surface area contributed by atoms with Gasteiger partial charge in [0.05, 0.1) is 31.5 Å². The van der Waals surface area contributed by atoms with Crippen LogP contribution >= 0.6 is 77.1 Å². The fourth-order valence-corrected chi connectivity index (χ4v) is 12.0. The minimum absolute atomic E-state index is 0.871. The molecule has 0 saturated carbocycles. The molecule has 0 aliphatic heterocycles. The molecule has 14 aromatic rings. The number of furan rings is 2. The zero-order valence-corrected chi connectivity index (χ0v) is 45.5. The molecule has 73 heavy (non-hydrogen) atoms. The molecule has 0 aliphatic carbocycles. The summed E-state index contributed by atoms with van der Waals surface area (Å²) in [5.41, 5.74) is 19.5. The predicted octanol–water partition coefficient (Wildman–Crippen LogP) is 20.8. The lowest BCUT2D eigenvalue weighted by Gasteiger charge is -2.25. The Morgan fingerprint density at radius 2 is 0.918 bits per heavy atom. The van der Waals surface area contributed by atoms with Crippen LogP contribution in [0.25, 0.3) is 86.6 Å². The number of halogens is 3. The van der Waals surface area contributed by atoms with E-state index in [1.54, 1.807) is 22.7 Å². The Kier molecular flexibility index (Phi) is 13.3. The van der Waals surface area contributed by atoms with Gasteiger partial charge in [-0.05, 0) is 166 Å². The van der Waals surface area contributed by atoms with Gasteiger partial charge in [0.1, 0.15) is 22.3 Å². The van der Waals surface area contributed by atoms with Crippen LogP contribution in [0, 0.1) is 3.57 Å². The third-order valence-corrected chi connectivity index (χ3v) is 16.2. The van der Waals surface area contributed by atoms with Crippen molar-refractivity contribution in [3.8, 4) is 22.3 Å². The Morgan fingerprint density at radius 1 is 0.411 bits per heavy atom. The highest BCUT2D eigenvalue weighted by Crippen LogP contribution is 2.44. The molecule has 0 saturated heterocycles. The van der Waals surface area contributed by atoms with Crippen molar-refractivity contribution >= 4 is 170 Å². The van der Waals surface area contributed by atoms with Gasteiger partial charge in [-0.25, -0.2) is 9.97 Å². The van der Waals surface area contributed by atoms with Crippen molar-refractivity contribution in [1.29, 1.82) is 0 Å². The summed E-state index contributed by atoms with van der Waals surface area (Å²) in [6.07, 6.45) is 0. The zero-order valence-electron chi connectivity index (χ0n) is 38.5. The van der Waals surface area contributed by atoms with Crippen molar-refractivity contribution in [2.45, 2.75) is 0 Å². The van der Waals surface area contributed by atoms with Crippen LogP contribution in [0.3, 0.4) is 0 Å². The third kappa shape index (κ3) is 9.67. The fourth-order valence-electron chi connectivity index (χ4n) is 9.19. The van der Waals surface area contributed by atoms with E-state index in [1.807, 2.05) is 83.8 Å². The number of fused-ring (bicyclic) bond motifs is 8. The molecule has 0 fully saturated rings. The van der Waals surface area contributed by atoms with Gasteiger partial charge in [-0.3, -0.25) is 0 Å². The predicted molar refractivity (Wildman–Crippen MR) is 324 cm³/mol. The summed E-state index contributed by atoms with van der Waals surface area (Å²) in [6.45, 7) is 0. The van der Waals surface area contributed by atoms with Crippen LogP contribution < -0.4 is 10.2 Å². The van der Waals surface area contributed by atoms with Crippen molar-refractivity contribution in [3.05, 3.63) is 242 Å². The molecule has 4 aromatic heterocycles. The first-order valence-electron chi connectivity index (χ1n) is 23.3. The lowest BCUT2D eigenvalue weighted by molar-refractivity contribution is 0.668. The smallest absolute Gasteiger partial charge is 0.136 e. The van der Waals surface area contributed by atoms with E-state index in [0.29, 0.717) is 0 Å². The maximum atomic E-state index is 6.31. The number of nitrogens with zero attached hydrogens (tertiary/aromatic N) is 3. The Hall–Kier alpha value is -7.13. The van der Waals surface area contributed by atoms with Crippen LogP contribution in [0.15, 0.2) is 247 Å². The van der Waals surface area contributed by atoms with Gasteiger partial charge in [0.25, 0.3) is 0 Å². The summed E-state index contributed by atoms with van der Waals surface area (Å²) in [7, 11) is 0. The average Bonchev–Trinajstić information content (AvgIpc) is 4.25. The van der Waals surface area contributed by atoms with Gasteiger partial charge in [0.15, 0.2) is 0 Å². The fraction of sp³-hybridized carbons (Fsp3) is 0. The third-order valence-electron chi connectivity index (χ3n) is 12.5. The molecule has 0 atom stereocenters. The first-order chi connectivity index (χ1) is 35.9. The number of anilines is 5. The molecule has 0 bridgehead atoms. The van der Waals surface area contributed by atoms with E-state index in [1.165, 1.54) is 34.9 Å². The minimum atomic E-state index is 0.871. The maximum Gasteiger partial charge on any atom is 0.136 e. The highest BCUT2D eigenvalue weighted by Gasteiger charge is 2.19. The number of rotatable bonds is 7. The van der Waals surface area contributed by atoms with E-state index in [-0.39, 0.29) is 0 Å². The largest absolute Gasteiger partial charge is 0.456 e. The van der Waals surface area contributed by atoms with Gasteiger partial charge in [-0.15, -0.1) is 22.7 Å². The lowest BCUT2D eigenvalue weighted by Crippen LogP contribution is -2.09. The molecule has 1 N–H and O–H groups in total. The van der Waals surface area contributed by atoms with E-state index in [0.717, 1.165) is 92.6 Å². The number of nitrogens with one attached hydrogen (secondary N) is 1. The summed E-state index contributed by atoms with van der Waals surface area (Å²) in [6, 6.07) is 75.1. The average molecular weight is 1220 g/mol. The molecule has 10 aromatic carbocycles. The highest BCUT2D eigenvalue weighted by atomic mass is 127. The summed E-state index contributed by atoms with van der Waals surface area (Å²) >= 11 is 13.1. The number of hydrogen-bond donors (Lipinski definition) is 1. The quantitative estimate of drug-likeness (QED) is 0.160. The van der Waals surface area contributed by atoms with Crippen molar-refractivity contribution in [2.24, 2.45) is 0 Å². The first-order valence-corrected chi connectivity index (χ1v) is 27.7. The topological polar surface area (TPSA) is 67.3 Å². The van der Waals surface area contributed by atoms with Crippen LogP contribution in [-0.4, -0.2) is 9.97 Å². The van der Waals surface area contributed by atoms with Gasteiger partial charge in [-0.1, -0.05) is 129 Å². The van der Waals surface area contributed by atoms with Crippen LogP contribution in [0.1, 0.15) is 0 Å². The standard InChI is InChI=1S/C31H19BrN2OS.C18H10BrIO.C13H10N2S/c32-26-11-5-4-9-23(26)24-10-6-12-29-31(24)25-17-21(13-15-28(25)35-29)34(20-7-2-1-3-8-20)22-14-16-30-27(18-22)33-19-36-30;19-15-6-2-1-4-12(15)13-5-3-7-17-18(13)14-10-11(20)8-9-16(14)21-17;1-2-4-10(5-3-1)15-11-6-7-13-12(8-11)14-9-16-13/h1-19H;1-10H;1-9,15H. The molecular formula is C62H39Br2IN4O2S2. The molecule has 4 heterocycles. The number of aromatic nitrogens is 2. The SMILES string of the molecule is Brc1ccccc1-c1cccc2oc3ccc(I)cc3c12.Brc1ccccc1-c1cccc2oc3ccc(N(c4ccccc4)c4ccc5scnc5c4)cc3c12.c1ccc(Nc2ccc3scnc3c2)cc1. The summed E-state index contributed by atoms with van der Waals surface area (Å²) in [4.78, 5) is 11.1. The molecular weight excluding hydrogens is 1180 g/mol. The van der Waals surface area contributed by atoms with Gasteiger partial charge in [0.2, 0.25) is 0 Å². The molecule has 352 valence electrons. The molecule has 0 aliphatic rings. The van der Waals surface area contributed by atoms with E-state index in [4.69, 9.17) is 8.83 Å². The summed E-state index contributed by atoms with van der Waals surface area (Å²) in [5, 5.41) is 7.90. The maximum absolute atomic E-state index is 6.31. The first kappa shape index (κ1) is 46.9. The Bertz CT molecular complexity index is 4270. The van der Waals surface area contributed by atoms with Crippen LogP contribution in [0.2, 0.25) is 0 Å². The van der Waals surface area contributed by atoms with Crippen molar-refractivity contribution in [2.75, 3.05) is 10.2 Å². The molecule has 0 unspecified atom stereocenters. The van der Waals surface area contributed by atoms with Gasteiger partial charge in [0, 0.05) is 62.5 Å². The van der Waals surface area contributed by atoms with Crippen LogP contribution in [0.4, 0.5) is 28.4 Å². The molecule has 0 amide bonds. The van der Waals surface area contributed by atoms with Gasteiger partial charge in [-0.2, -0.15) is 0 Å². The number of thiazole rings is 2. The van der Waals surface area contributed by atoms with Crippen molar-refractivity contribution in [3.63, 3.8) is 0 Å². The highest BCUT2D eigenvalue weighted by molar-refractivity contribution is 14.1. The Balaban J connectivity index is 0.000000124. The second-order valence-corrected chi connectivity index (χ2v) is 21.8. The van der Waals surface area contributed by atoms with E-state index < -0.39 is 0 Å². The second-order valence-electron chi connectivity index (χ2n) is 17.0. The van der Waals surface area contributed by atoms with Gasteiger partial charge >= 0.3 is 0 Å². The summed E-state index contributed by atoms with van der Waals surface area (Å²) < 4.78 is 18.1. The lowest BCUT2D eigenvalue weighted by atomic mass is 9.99. The van der Waals surface area contributed by atoms with Crippen molar-refractivity contribution in [1.82, 2.24) is 9.97 Å². The molecule has 11 heteroatoms. The minimum Gasteiger partial charge on any atom is -0.456 e. The van der Waals surface area contributed by atoms with E-state index in [2.05, 4.69) is 220 Å². The Morgan fingerprint density at radius 3 is 1.55 bits per heavy atom. The second kappa shape index (κ2) is 20.8. The number of hydrogen-bond acceptors (Lipinski definition) is 8. The van der Waals surface area contributed by atoms with Gasteiger partial charge < -0.3 is 19.1 Å². The normalized spacial score (nSPS) is 11.2. The zero-order chi connectivity index (χ0) is 49.3. The number of para-hydroxylation sites is 2. The van der Waals surface area contributed by atoms with Crippen LogP contribution in [0.5, 0.6) is 0 Å². The molecule has 0 spiro atoms. The molecule has 6 nitrogen and oxygen atoms in total. The van der Waals surface area contributed by atoms with Crippen LogP contribution in [-0.2, 0) is 0 Å². The molecule has 14 rings (SSSR count). The summed E-state index contributed by atoms with van der Waals surface area (Å²) in [5.74, 6) is 0. The number of benzene rings is 10. The monoisotopic (exact) mass is 1220 g/mol. The van der Waals surface area contributed by atoms with Crippen molar-refractivity contribution < 1.29 is 8.83 Å². The van der Waals surface area contributed by atoms with E-state index >= 15 is 0 Å².